The van der Waals surface area contributed by atoms with Crippen molar-refractivity contribution >= 4 is 17.0 Å². The fraction of sp³-hybridized carbons (Fsp3) is 0.438. The number of nitrogen functional groups attached to an aromatic ring is 1. The normalized spacial score (nSPS) is 19.8. The molecular weight excluding hydrogens is 282 g/mol. The monoisotopic (exact) mass is 303 g/mol. The molecule has 2 heterocycles. The first-order chi connectivity index (χ1) is 10.3. The lowest BCUT2D eigenvalue weighted by molar-refractivity contribution is -0.0298. The highest BCUT2D eigenvalue weighted by Crippen LogP contribution is 2.30. The molecule has 1 fully saturated rings. The van der Waals surface area contributed by atoms with Crippen LogP contribution < -0.4 is 5.73 Å². The Kier molecular flexibility index (Phi) is 4.53. The molecule has 1 aliphatic rings. The summed E-state index contributed by atoms with van der Waals surface area (Å²) in [6.45, 7) is 6.10. The molecule has 1 saturated heterocycles. The minimum absolute atomic E-state index is 0.102. The number of nitrogens with zero attached hydrogens (tertiary/aromatic N) is 2. The number of hydrogen-bond donors (Lipinski definition) is 1. The molecule has 3 rings (SSSR count). The Morgan fingerprint density at radius 3 is 3.19 bits per heavy atom. The second-order valence-electron chi connectivity index (χ2n) is 5.36. The Morgan fingerprint density at radius 2 is 2.38 bits per heavy atom. The van der Waals surface area contributed by atoms with Gasteiger partial charge >= 0.3 is 0 Å². The van der Waals surface area contributed by atoms with Gasteiger partial charge in [0.25, 0.3) is 0 Å². The third-order valence-corrected chi connectivity index (χ3v) is 4.61. The van der Waals surface area contributed by atoms with E-state index in [1.54, 1.807) is 11.3 Å². The predicted molar refractivity (Wildman–Crippen MR) is 87.4 cm³/mol. The molecule has 1 aromatic carbocycles. The fourth-order valence-electron chi connectivity index (χ4n) is 2.64. The molecule has 4 nitrogen and oxygen atoms in total. The number of aromatic nitrogens is 1. The number of ether oxygens (including phenoxy) is 1. The van der Waals surface area contributed by atoms with Crippen LogP contribution in [0, 0.1) is 0 Å². The van der Waals surface area contributed by atoms with Crippen LogP contribution in [0.15, 0.2) is 29.6 Å². The molecule has 0 saturated carbocycles. The van der Waals surface area contributed by atoms with Crippen LogP contribution in [-0.2, 0) is 4.74 Å². The van der Waals surface area contributed by atoms with Crippen LogP contribution in [0.5, 0.6) is 0 Å². The molecular formula is C16H21N3OS. The van der Waals surface area contributed by atoms with Crippen LogP contribution in [0.3, 0.4) is 0 Å². The van der Waals surface area contributed by atoms with E-state index in [1.807, 2.05) is 24.3 Å². The van der Waals surface area contributed by atoms with Crippen LogP contribution >= 0.6 is 11.3 Å². The first-order valence-electron chi connectivity index (χ1n) is 7.41. The van der Waals surface area contributed by atoms with E-state index in [1.165, 1.54) is 6.42 Å². The molecule has 112 valence electrons. The minimum Gasteiger partial charge on any atom is -0.399 e. The van der Waals surface area contributed by atoms with Gasteiger partial charge in [0.05, 0.1) is 12.3 Å². The lowest BCUT2D eigenvalue weighted by atomic mass is 10.1. The summed E-state index contributed by atoms with van der Waals surface area (Å²) < 4.78 is 5.90. The highest BCUT2D eigenvalue weighted by Gasteiger charge is 2.24. The van der Waals surface area contributed by atoms with Crippen molar-refractivity contribution in [2.75, 3.05) is 32.0 Å². The van der Waals surface area contributed by atoms with E-state index in [2.05, 4.69) is 17.2 Å². The van der Waals surface area contributed by atoms with Crippen molar-refractivity contribution < 1.29 is 4.74 Å². The van der Waals surface area contributed by atoms with Gasteiger partial charge < -0.3 is 10.5 Å². The van der Waals surface area contributed by atoms with Crippen molar-refractivity contribution in [2.45, 2.75) is 19.4 Å². The van der Waals surface area contributed by atoms with Gasteiger partial charge in [0.2, 0.25) is 0 Å². The second-order valence-corrected chi connectivity index (χ2v) is 6.25. The number of anilines is 1. The maximum atomic E-state index is 5.90. The Morgan fingerprint density at radius 1 is 1.48 bits per heavy atom. The second kappa shape index (κ2) is 6.56. The van der Waals surface area contributed by atoms with E-state index in [4.69, 9.17) is 15.5 Å². The minimum atomic E-state index is 0.102. The lowest BCUT2D eigenvalue weighted by Gasteiger charge is -2.31. The van der Waals surface area contributed by atoms with Gasteiger partial charge in [-0.3, -0.25) is 4.90 Å². The van der Waals surface area contributed by atoms with Crippen molar-refractivity contribution in [2.24, 2.45) is 0 Å². The Bertz CT molecular complexity index is 597. The molecule has 1 aromatic heterocycles. The van der Waals surface area contributed by atoms with Gasteiger partial charge in [0.1, 0.15) is 11.1 Å². The van der Waals surface area contributed by atoms with E-state index in [0.29, 0.717) is 0 Å². The summed E-state index contributed by atoms with van der Waals surface area (Å²) in [7, 11) is 0. The van der Waals surface area contributed by atoms with E-state index in [0.717, 1.165) is 48.2 Å². The Balaban J connectivity index is 1.75. The van der Waals surface area contributed by atoms with E-state index < -0.39 is 0 Å². The first kappa shape index (κ1) is 14.5. The average Bonchev–Trinajstić information content (AvgIpc) is 2.98. The topological polar surface area (TPSA) is 51.4 Å². The molecule has 21 heavy (non-hydrogen) atoms. The predicted octanol–water partition coefficient (Wildman–Crippen LogP) is 3.18. The summed E-state index contributed by atoms with van der Waals surface area (Å²) >= 11 is 1.67. The van der Waals surface area contributed by atoms with Crippen molar-refractivity contribution in [1.82, 2.24) is 9.88 Å². The van der Waals surface area contributed by atoms with E-state index in [9.17, 15) is 0 Å². The Labute approximate surface area is 129 Å². The summed E-state index contributed by atoms with van der Waals surface area (Å²) in [5, 5.41) is 3.15. The smallest absolute Gasteiger partial charge is 0.124 e. The lowest BCUT2D eigenvalue weighted by Crippen LogP contribution is -2.38. The van der Waals surface area contributed by atoms with Gasteiger partial charge in [0, 0.05) is 29.7 Å². The molecule has 1 atom stereocenters. The SMILES string of the molecule is CCCN1CCOC(c2nc(-c3cccc(N)c3)cs2)C1. The molecule has 0 radical (unpaired) electrons. The molecule has 0 spiro atoms. The largest absolute Gasteiger partial charge is 0.399 e. The fourth-order valence-corrected chi connectivity index (χ4v) is 3.50. The maximum Gasteiger partial charge on any atom is 0.124 e. The van der Waals surface area contributed by atoms with Gasteiger partial charge in [-0.2, -0.15) is 0 Å². The standard InChI is InChI=1S/C16H21N3OS/c1-2-6-19-7-8-20-15(10-19)16-18-14(11-21-16)12-4-3-5-13(17)9-12/h3-5,9,11,15H,2,6-8,10,17H2,1H3. The number of nitrogens with two attached hydrogens (primary N) is 1. The number of morpholine rings is 1. The molecule has 2 aromatic rings. The molecule has 0 bridgehead atoms. The summed E-state index contributed by atoms with van der Waals surface area (Å²) in [5.74, 6) is 0. The maximum absolute atomic E-state index is 5.90. The number of benzene rings is 1. The number of rotatable bonds is 4. The van der Waals surface area contributed by atoms with Crippen molar-refractivity contribution in [3.05, 3.63) is 34.7 Å². The van der Waals surface area contributed by atoms with Gasteiger partial charge in [-0.05, 0) is 25.1 Å². The van der Waals surface area contributed by atoms with Crippen molar-refractivity contribution in [1.29, 1.82) is 0 Å². The average molecular weight is 303 g/mol. The summed E-state index contributed by atoms with van der Waals surface area (Å²) in [5.41, 5.74) is 8.66. The van der Waals surface area contributed by atoms with Crippen LogP contribution in [0.25, 0.3) is 11.3 Å². The molecule has 0 amide bonds. The number of thiazole rings is 1. The molecule has 1 aliphatic heterocycles. The summed E-state index contributed by atoms with van der Waals surface area (Å²) in [6, 6.07) is 7.86. The third kappa shape index (κ3) is 3.43. The zero-order valence-corrected chi connectivity index (χ0v) is 13.1. The van der Waals surface area contributed by atoms with Crippen LogP contribution in [0.2, 0.25) is 0 Å². The quantitative estimate of drug-likeness (QED) is 0.881. The van der Waals surface area contributed by atoms with Crippen LogP contribution in [0.4, 0.5) is 5.69 Å². The highest BCUT2D eigenvalue weighted by molar-refractivity contribution is 7.10. The Hall–Kier alpha value is -1.43. The zero-order chi connectivity index (χ0) is 14.7. The molecule has 5 heteroatoms. The zero-order valence-electron chi connectivity index (χ0n) is 12.3. The highest BCUT2D eigenvalue weighted by atomic mass is 32.1. The molecule has 0 aliphatic carbocycles. The number of hydrogen-bond acceptors (Lipinski definition) is 5. The van der Waals surface area contributed by atoms with Crippen LogP contribution in [-0.4, -0.2) is 36.1 Å². The molecule has 2 N–H and O–H groups in total. The first-order valence-corrected chi connectivity index (χ1v) is 8.29. The van der Waals surface area contributed by atoms with Gasteiger partial charge in [-0.1, -0.05) is 19.1 Å². The van der Waals surface area contributed by atoms with Crippen LogP contribution in [0.1, 0.15) is 24.5 Å². The summed E-state index contributed by atoms with van der Waals surface area (Å²) in [4.78, 5) is 7.21. The van der Waals surface area contributed by atoms with Crippen molar-refractivity contribution in [3.63, 3.8) is 0 Å². The summed E-state index contributed by atoms with van der Waals surface area (Å²) in [6.07, 6.45) is 1.28. The van der Waals surface area contributed by atoms with E-state index in [-0.39, 0.29) is 6.10 Å². The van der Waals surface area contributed by atoms with Gasteiger partial charge in [-0.25, -0.2) is 4.98 Å². The molecule has 1 unspecified atom stereocenters. The third-order valence-electron chi connectivity index (χ3n) is 3.67. The van der Waals surface area contributed by atoms with Gasteiger partial charge in [0.15, 0.2) is 0 Å². The van der Waals surface area contributed by atoms with Gasteiger partial charge in [-0.15, -0.1) is 11.3 Å². The van der Waals surface area contributed by atoms with E-state index >= 15 is 0 Å². The van der Waals surface area contributed by atoms with Crippen molar-refractivity contribution in [3.8, 4) is 11.3 Å².